The van der Waals surface area contributed by atoms with Crippen molar-refractivity contribution in [3.63, 3.8) is 0 Å². The number of thiocarbonyl (C=S) groups is 1. The van der Waals surface area contributed by atoms with E-state index in [9.17, 15) is 0 Å². The first-order valence-corrected chi connectivity index (χ1v) is 10.3. The minimum atomic E-state index is -0.0834. The average molecular weight is 432 g/mol. The highest BCUT2D eigenvalue weighted by Gasteiger charge is 2.41. The number of furan rings is 1. The van der Waals surface area contributed by atoms with Gasteiger partial charge in [0.25, 0.3) is 0 Å². The van der Waals surface area contributed by atoms with Crippen LogP contribution in [0, 0.1) is 0 Å². The van der Waals surface area contributed by atoms with Crippen LogP contribution in [0.5, 0.6) is 0 Å². The van der Waals surface area contributed by atoms with Gasteiger partial charge in [-0.1, -0.05) is 36.2 Å². The summed E-state index contributed by atoms with van der Waals surface area (Å²) >= 11 is 18.0. The molecule has 144 valence electrons. The zero-order valence-corrected chi connectivity index (χ0v) is 17.6. The van der Waals surface area contributed by atoms with E-state index in [1.54, 1.807) is 18.3 Å². The first-order chi connectivity index (χ1) is 13.6. The molecular formula is C21H19Cl2N3OS. The number of nitrogens with one attached hydrogen (secondary N) is 1. The van der Waals surface area contributed by atoms with Crippen molar-refractivity contribution in [3.8, 4) is 11.3 Å². The first-order valence-electron chi connectivity index (χ1n) is 9.11. The Bertz CT molecular complexity index is 992. The zero-order chi connectivity index (χ0) is 19.7. The summed E-state index contributed by atoms with van der Waals surface area (Å²) in [6.07, 6.45) is 2.77. The lowest BCUT2D eigenvalue weighted by atomic mass is 10.0. The Morgan fingerprint density at radius 2 is 2.04 bits per heavy atom. The van der Waals surface area contributed by atoms with Crippen LogP contribution in [0.2, 0.25) is 10.0 Å². The van der Waals surface area contributed by atoms with Gasteiger partial charge in [-0.15, -0.1) is 0 Å². The third-order valence-corrected chi connectivity index (χ3v) is 5.68. The fourth-order valence-corrected chi connectivity index (χ4v) is 4.38. The Morgan fingerprint density at radius 1 is 1.18 bits per heavy atom. The summed E-state index contributed by atoms with van der Waals surface area (Å²) in [4.78, 5) is 6.70. The van der Waals surface area contributed by atoms with E-state index in [0.717, 1.165) is 30.0 Å². The van der Waals surface area contributed by atoms with Crippen LogP contribution in [0.25, 0.3) is 11.3 Å². The van der Waals surface area contributed by atoms with Crippen molar-refractivity contribution >= 4 is 40.5 Å². The Kier molecular flexibility index (Phi) is 5.58. The lowest BCUT2D eigenvalue weighted by molar-refractivity contribution is 0.275. The lowest BCUT2D eigenvalue weighted by Crippen LogP contribution is -2.30. The maximum absolute atomic E-state index is 6.36. The predicted octanol–water partition coefficient (Wildman–Crippen LogP) is 6.03. The Morgan fingerprint density at radius 3 is 2.75 bits per heavy atom. The zero-order valence-electron chi connectivity index (χ0n) is 15.2. The molecule has 4 rings (SSSR count). The lowest BCUT2D eigenvalue weighted by Gasteiger charge is -2.25. The molecule has 3 heterocycles. The van der Waals surface area contributed by atoms with Crippen molar-refractivity contribution in [2.75, 3.05) is 6.54 Å². The summed E-state index contributed by atoms with van der Waals surface area (Å²) in [5, 5.41) is 5.27. The second kappa shape index (κ2) is 8.11. The summed E-state index contributed by atoms with van der Waals surface area (Å²) in [6.45, 7) is 2.96. The molecule has 1 N–H and O–H groups in total. The third kappa shape index (κ3) is 3.62. The molecular weight excluding hydrogens is 413 g/mol. The minimum Gasteiger partial charge on any atom is -0.459 e. The van der Waals surface area contributed by atoms with Crippen LogP contribution in [0.3, 0.4) is 0 Å². The van der Waals surface area contributed by atoms with Gasteiger partial charge in [-0.25, -0.2) is 0 Å². The second-order valence-electron chi connectivity index (χ2n) is 6.65. The number of pyridine rings is 1. The van der Waals surface area contributed by atoms with Crippen molar-refractivity contribution in [2.24, 2.45) is 0 Å². The van der Waals surface area contributed by atoms with Gasteiger partial charge >= 0.3 is 0 Å². The number of hydrogen-bond acceptors (Lipinski definition) is 3. The van der Waals surface area contributed by atoms with Crippen LogP contribution >= 0.6 is 35.4 Å². The summed E-state index contributed by atoms with van der Waals surface area (Å²) in [7, 11) is 0. The Labute approximate surface area is 179 Å². The van der Waals surface area contributed by atoms with Crippen molar-refractivity contribution < 1.29 is 4.42 Å². The standard InChI is InChI=1S/C21H19Cl2N3OS/c1-2-11-26-20(19(25-21(26)28)16-5-3-4-10-24-16)18-9-8-17(27-18)14-7-6-13(22)12-15(14)23/h3-10,12,19-20H,2,11H2,1H3,(H,25,28)/t19-,20+/m1/s1. The molecule has 3 aromatic rings. The fraction of sp³-hybridized carbons (Fsp3) is 0.238. The van der Waals surface area contributed by atoms with Crippen LogP contribution in [-0.4, -0.2) is 21.5 Å². The number of rotatable bonds is 5. The van der Waals surface area contributed by atoms with Gasteiger partial charge in [0, 0.05) is 23.3 Å². The van der Waals surface area contributed by atoms with Gasteiger partial charge in [0.2, 0.25) is 0 Å². The Balaban J connectivity index is 1.73. The summed E-state index contributed by atoms with van der Waals surface area (Å²) < 4.78 is 6.25. The maximum Gasteiger partial charge on any atom is 0.170 e. The molecule has 28 heavy (non-hydrogen) atoms. The monoisotopic (exact) mass is 431 g/mol. The highest BCUT2D eigenvalue weighted by molar-refractivity contribution is 7.80. The van der Waals surface area contributed by atoms with Crippen molar-refractivity contribution in [1.82, 2.24) is 15.2 Å². The van der Waals surface area contributed by atoms with Crippen molar-refractivity contribution in [3.05, 3.63) is 76.2 Å². The van der Waals surface area contributed by atoms with E-state index < -0.39 is 0 Å². The number of halogens is 2. The molecule has 1 aliphatic heterocycles. The van der Waals surface area contributed by atoms with E-state index in [0.29, 0.717) is 20.9 Å². The minimum absolute atomic E-state index is 0.0813. The molecule has 0 bridgehead atoms. The average Bonchev–Trinajstić information content (AvgIpc) is 3.28. The predicted molar refractivity (Wildman–Crippen MR) is 117 cm³/mol. The molecule has 0 amide bonds. The van der Waals surface area contributed by atoms with E-state index in [4.69, 9.17) is 39.8 Å². The number of hydrogen-bond donors (Lipinski definition) is 1. The van der Waals surface area contributed by atoms with Gasteiger partial charge in [-0.2, -0.15) is 0 Å². The normalized spacial score (nSPS) is 19.1. The van der Waals surface area contributed by atoms with E-state index in [1.807, 2.05) is 36.4 Å². The molecule has 1 fully saturated rings. The molecule has 2 aromatic heterocycles. The molecule has 1 aromatic carbocycles. The second-order valence-corrected chi connectivity index (χ2v) is 7.88. The molecule has 2 atom stereocenters. The van der Waals surface area contributed by atoms with E-state index in [2.05, 4.69) is 22.1 Å². The quantitative estimate of drug-likeness (QED) is 0.499. The SMILES string of the molecule is CCCN1C(=S)N[C@H](c2ccccn2)[C@@H]1c1ccc(-c2ccc(Cl)cc2Cl)o1. The largest absolute Gasteiger partial charge is 0.459 e. The molecule has 0 radical (unpaired) electrons. The van der Waals surface area contributed by atoms with Gasteiger partial charge in [-0.05, 0) is 61.1 Å². The number of nitrogens with zero attached hydrogens (tertiary/aromatic N) is 2. The summed E-state index contributed by atoms with van der Waals surface area (Å²) in [5.74, 6) is 1.52. The topological polar surface area (TPSA) is 41.3 Å². The number of benzene rings is 1. The molecule has 0 spiro atoms. The highest BCUT2D eigenvalue weighted by Crippen LogP contribution is 2.41. The maximum atomic E-state index is 6.36. The van der Waals surface area contributed by atoms with E-state index in [1.165, 1.54) is 0 Å². The highest BCUT2D eigenvalue weighted by atomic mass is 35.5. The molecule has 0 saturated carbocycles. The third-order valence-electron chi connectivity index (χ3n) is 4.78. The van der Waals surface area contributed by atoms with Gasteiger partial charge in [0.1, 0.15) is 17.6 Å². The van der Waals surface area contributed by atoms with Crippen LogP contribution < -0.4 is 5.32 Å². The van der Waals surface area contributed by atoms with Crippen LogP contribution in [0.4, 0.5) is 0 Å². The van der Waals surface area contributed by atoms with E-state index in [-0.39, 0.29) is 12.1 Å². The van der Waals surface area contributed by atoms with Gasteiger partial charge in [0.15, 0.2) is 5.11 Å². The smallest absolute Gasteiger partial charge is 0.170 e. The molecule has 0 aliphatic carbocycles. The first kappa shape index (κ1) is 19.2. The van der Waals surface area contributed by atoms with Gasteiger partial charge in [-0.3, -0.25) is 4.98 Å². The fourth-order valence-electron chi connectivity index (χ4n) is 3.54. The van der Waals surface area contributed by atoms with Crippen LogP contribution in [0.1, 0.15) is 36.9 Å². The summed E-state index contributed by atoms with van der Waals surface area (Å²) in [5.41, 5.74) is 1.73. The Hall–Kier alpha value is -2.08. The van der Waals surface area contributed by atoms with Crippen molar-refractivity contribution in [2.45, 2.75) is 25.4 Å². The van der Waals surface area contributed by atoms with Crippen LogP contribution in [-0.2, 0) is 0 Å². The molecule has 1 aliphatic rings. The van der Waals surface area contributed by atoms with Gasteiger partial charge in [0.05, 0.1) is 16.8 Å². The van der Waals surface area contributed by atoms with E-state index >= 15 is 0 Å². The molecule has 0 unspecified atom stereocenters. The van der Waals surface area contributed by atoms with Crippen molar-refractivity contribution in [1.29, 1.82) is 0 Å². The van der Waals surface area contributed by atoms with Gasteiger partial charge < -0.3 is 14.6 Å². The molecule has 7 heteroatoms. The molecule has 4 nitrogen and oxygen atoms in total. The van der Waals surface area contributed by atoms with Crippen LogP contribution in [0.15, 0.2) is 59.1 Å². The number of aromatic nitrogens is 1. The molecule has 1 saturated heterocycles. The summed E-state index contributed by atoms with van der Waals surface area (Å²) in [6, 6.07) is 15.0.